The van der Waals surface area contributed by atoms with Crippen LogP contribution in [0, 0.1) is 5.92 Å². The maximum Gasteiger partial charge on any atom is 0.253 e. The number of hydrogen-bond donors (Lipinski definition) is 1. The Balaban J connectivity index is 1.58. The molecule has 0 aliphatic carbocycles. The zero-order chi connectivity index (χ0) is 15.3. The number of amides is 1. The second-order valence-corrected chi connectivity index (χ2v) is 7.19. The Morgan fingerprint density at radius 2 is 2.00 bits per heavy atom. The number of carbonyl (C=O) groups is 1. The van der Waals surface area contributed by atoms with Crippen LogP contribution in [0.15, 0.2) is 36.7 Å². The lowest BCUT2D eigenvalue weighted by atomic mass is 9.72. The first kappa shape index (κ1) is 13.8. The Morgan fingerprint density at radius 3 is 2.73 bits per heavy atom. The van der Waals surface area contributed by atoms with E-state index >= 15 is 0 Å². The average molecular weight is 297 g/mol. The minimum atomic E-state index is 0.0439. The molecule has 0 radical (unpaired) electrons. The van der Waals surface area contributed by atoms with Crippen LogP contribution in [0.1, 0.15) is 37.0 Å². The van der Waals surface area contributed by atoms with E-state index < -0.39 is 0 Å². The zero-order valence-corrected chi connectivity index (χ0v) is 13.2. The van der Waals surface area contributed by atoms with Crippen LogP contribution >= 0.6 is 0 Å². The van der Waals surface area contributed by atoms with Crippen molar-refractivity contribution in [2.24, 2.45) is 5.92 Å². The van der Waals surface area contributed by atoms with Crippen molar-refractivity contribution in [3.63, 3.8) is 0 Å². The van der Waals surface area contributed by atoms with Crippen molar-refractivity contribution in [1.29, 1.82) is 0 Å². The van der Waals surface area contributed by atoms with Gasteiger partial charge in [0.05, 0.1) is 5.56 Å². The number of rotatable bonds is 2. The van der Waals surface area contributed by atoms with Crippen molar-refractivity contribution in [2.75, 3.05) is 13.1 Å². The fraction of sp³-hybridized carbons (Fsp3) is 0.500. The van der Waals surface area contributed by atoms with Crippen LogP contribution in [-0.4, -0.2) is 39.9 Å². The topological polar surface area (TPSA) is 36.8 Å². The van der Waals surface area contributed by atoms with Gasteiger partial charge in [0.15, 0.2) is 0 Å². The van der Waals surface area contributed by atoms with Gasteiger partial charge in [-0.2, -0.15) is 0 Å². The van der Waals surface area contributed by atoms with Crippen molar-refractivity contribution >= 4 is 11.4 Å². The van der Waals surface area contributed by atoms with Gasteiger partial charge >= 0.3 is 0 Å². The quantitative estimate of drug-likeness (QED) is 0.925. The van der Waals surface area contributed by atoms with Gasteiger partial charge in [0.2, 0.25) is 0 Å². The van der Waals surface area contributed by atoms with Crippen LogP contribution < -0.4 is 5.32 Å². The monoisotopic (exact) mass is 297 g/mol. The first-order valence-corrected chi connectivity index (χ1v) is 8.18. The van der Waals surface area contributed by atoms with E-state index in [0.29, 0.717) is 5.92 Å². The summed E-state index contributed by atoms with van der Waals surface area (Å²) in [5, 5.41) is 3.32. The van der Waals surface area contributed by atoms with E-state index in [-0.39, 0.29) is 17.5 Å². The van der Waals surface area contributed by atoms with E-state index in [1.165, 1.54) is 25.9 Å². The number of aromatic nitrogens is 1. The first-order valence-electron chi connectivity index (χ1n) is 8.18. The Morgan fingerprint density at radius 1 is 1.23 bits per heavy atom. The molecule has 0 saturated carbocycles. The van der Waals surface area contributed by atoms with Gasteiger partial charge in [-0.15, -0.1) is 0 Å². The van der Waals surface area contributed by atoms with Gasteiger partial charge in [-0.05, 0) is 70.0 Å². The summed E-state index contributed by atoms with van der Waals surface area (Å²) in [7, 11) is 0. The van der Waals surface area contributed by atoms with Crippen LogP contribution in [0.5, 0.6) is 0 Å². The van der Waals surface area contributed by atoms with Gasteiger partial charge in [-0.1, -0.05) is 0 Å². The summed E-state index contributed by atoms with van der Waals surface area (Å²) in [4.78, 5) is 15.2. The van der Waals surface area contributed by atoms with Crippen molar-refractivity contribution in [2.45, 2.75) is 38.3 Å². The lowest BCUT2D eigenvalue weighted by Gasteiger charge is -2.56. The largest absolute Gasteiger partial charge is 0.347 e. The summed E-state index contributed by atoms with van der Waals surface area (Å²) in [6.45, 7) is 6.86. The highest BCUT2D eigenvalue weighted by Crippen LogP contribution is 2.39. The standard InChI is InChI=1S/C18H23N3O/c1-18(2)16(13-7-10-21(18)11-8-13)19-17(22)14-5-6-15-4-3-9-20(15)12-14/h3-6,9,12-13,16H,7-8,10-11H2,1-2H3,(H,19,22)/t16-/m0/s1. The third-order valence-corrected chi connectivity index (χ3v) is 5.66. The molecule has 4 nitrogen and oxygen atoms in total. The number of pyridine rings is 1. The van der Waals surface area contributed by atoms with Gasteiger partial charge in [-0.25, -0.2) is 0 Å². The Hall–Kier alpha value is -1.81. The van der Waals surface area contributed by atoms with Gasteiger partial charge in [0.1, 0.15) is 0 Å². The van der Waals surface area contributed by atoms with Crippen LogP contribution in [0.4, 0.5) is 0 Å². The summed E-state index contributed by atoms with van der Waals surface area (Å²) in [6.07, 6.45) is 6.29. The first-order chi connectivity index (χ1) is 10.6. The summed E-state index contributed by atoms with van der Waals surface area (Å²) in [5.41, 5.74) is 1.89. The lowest BCUT2D eigenvalue weighted by Crippen LogP contribution is -2.69. The van der Waals surface area contributed by atoms with Crippen LogP contribution in [0.2, 0.25) is 0 Å². The molecule has 5 rings (SSSR count). The van der Waals surface area contributed by atoms with E-state index in [1.807, 2.05) is 41.1 Å². The maximum absolute atomic E-state index is 12.7. The van der Waals surface area contributed by atoms with Gasteiger partial charge in [0, 0.05) is 29.5 Å². The average Bonchev–Trinajstić information content (AvgIpc) is 2.98. The predicted octanol–water partition coefficient (Wildman–Crippen LogP) is 2.54. The molecule has 2 aromatic heterocycles. The fourth-order valence-corrected chi connectivity index (χ4v) is 4.27. The molecule has 0 unspecified atom stereocenters. The summed E-state index contributed by atoms with van der Waals surface area (Å²) < 4.78 is 2.00. The molecule has 1 atom stereocenters. The normalized spacial score (nSPS) is 29.6. The van der Waals surface area contributed by atoms with Crippen molar-refractivity contribution in [3.05, 3.63) is 42.2 Å². The van der Waals surface area contributed by atoms with Crippen LogP contribution in [-0.2, 0) is 0 Å². The molecule has 3 fully saturated rings. The molecule has 1 amide bonds. The smallest absolute Gasteiger partial charge is 0.253 e. The van der Waals surface area contributed by atoms with Crippen molar-refractivity contribution < 1.29 is 4.79 Å². The predicted molar refractivity (Wildman–Crippen MR) is 87.0 cm³/mol. The molecule has 2 bridgehead atoms. The number of hydrogen-bond acceptors (Lipinski definition) is 2. The van der Waals surface area contributed by atoms with Crippen molar-refractivity contribution in [3.8, 4) is 0 Å². The molecular formula is C18H23N3O. The van der Waals surface area contributed by atoms with Gasteiger partial charge < -0.3 is 9.72 Å². The molecule has 0 aromatic carbocycles. The van der Waals surface area contributed by atoms with E-state index in [4.69, 9.17) is 0 Å². The number of fused-ring (bicyclic) bond motifs is 4. The van der Waals surface area contributed by atoms with Gasteiger partial charge in [0.25, 0.3) is 5.91 Å². The van der Waals surface area contributed by atoms with E-state index in [1.54, 1.807) is 0 Å². The highest BCUT2D eigenvalue weighted by molar-refractivity contribution is 5.94. The second-order valence-electron chi connectivity index (χ2n) is 7.19. The second kappa shape index (κ2) is 4.85. The molecule has 3 aliphatic heterocycles. The van der Waals surface area contributed by atoms with Crippen LogP contribution in [0.3, 0.4) is 0 Å². The minimum absolute atomic E-state index is 0.0439. The Labute approximate surface area is 131 Å². The molecule has 2 aromatic rings. The number of nitrogens with zero attached hydrogens (tertiary/aromatic N) is 2. The lowest BCUT2D eigenvalue weighted by molar-refractivity contribution is -0.0378. The Kier molecular flexibility index (Phi) is 3.05. The molecule has 5 heterocycles. The maximum atomic E-state index is 12.7. The van der Waals surface area contributed by atoms with E-state index in [2.05, 4.69) is 24.1 Å². The summed E-state index contributed by atoms with van der Waals surface area (Å²) in [5.74, 6) is 0.654. The minimum Gasteiger partial charge on any atom is -0.347 e. The van der Waals surface area contributed by atoms with Crippen molar-refractivity contribution in [1.82, 2.24) is 14.6 Å². The number of carbonyl (C=O) groups excluding carboxylic acids is 1. The van der Waals surface area contributed by atoms with E-state index in [9.17, 15) is 4.79 Å². The highest BCUT2D eigenvalue weighted by Gasteiger charge is 2.48. The summed E-state index contributed by atoms with van der Waals surface area (Å²) in [6, 6.07) is 8.18. The fourth-order valence-electron chi connectivity index (χ4n) is 4.27. The molecule has 22 heavy (non-hydrogen) atoms. The molecule has 116 valence electrons. The molecule has 0 spiro atoms. The highest BCUT2D eigenvalue weighted by atomic mass is 16.1. The van der Waals surface area contributed by atoms with Crippen LogP contribution in [0.25, 0.3) is 5.52 Å². The molecule has 3 aliphatic rings. The SMILES string of the molecule is CC1(C)[C@@H](NC(=O)c2ccc3cccn3c2)C2CCN1CC2. The molecular weight excluding hydrogens is 274 g/mol. The van der Waals surface area contributed by atoms with Gasteiger partial charge in [-0.3, -0.25) is 9.69 Å². The summed E-state index contributed by atoms with van der Waals surface area (Å²) >= 11 is 0. The molecule has 1 N–H and O–H groups in total. The zero-order valence-electron chi connectivity index (χ0n) is 13.2. The Bertz CT molecular complexity index is 710. The number of piperidine rings is 3. The third-order valence-electron chi connectivity index (χ3n) is 5.66. The number of nitrogens with one attached hydrogen (secondary N) is 1. The molecule has 3 saturated heterocycles. The third kappa shape index (κ3) is 2.05. The van der Waals surface area contributed by atoms with E-state index in [0.717, 1.165) is 11.1 Å². The molecule has 4 heteroatoms.